The summed E-state index contributed by atoms with van der Waals surface area (Å²) in [6.45, 7) is 4.78. The van der Waals surface area contributed by atoms with E-state index in [1.165, 1.54) is 89.3 Å². The van der Waals surface area contributed by atoms with Crippen LogP contribution in [0.3, 0.4) is 0 Å². The van der Waals surface area contributed by atoms with E-state index >= 15 is 0 Å². The molecule has 0 saturated heterocycles. The minimum atomic E-state index is -0.322. The van der Waals surface area contributed by atoms with Crippen molar-refractivity contribution in [2.24, 2.45) is 5.92 Å². The summed E-state index contributed by atoms with van der Waals surface area (Å²) >= 11 is 0. The first-order valence-corrected chi connectivity index (χ1v) is 20.6. The third kappa shape index (κ3) is 4.46. The topological polar surface area (TPSA) is 3.24 Å². The molecule has 1 spiro atoms. The number of hydrogen-bond donors (Lipinski definition) is 0. The summed E-state index contributed by atoms with van der Waals surface area (Å²) in [5, 5.41) is 0. The fourth-order valence-corrected chi connectivity index (χ4v) is 11.7. The van der Waals surface area contributed by atoms with Gasteiger partial charge in [-0.15, -0.1) is 0 Å². The molecule has 6 aliphatic carbocycles. The van der Waals surface area contributed by atoms with Gasteiger partial charge in [0.1, 0.15) is 0 Å². The van der Waals surface area contributed by atoms with Crippen LogP contribution in [0, 0.1) is 5.92 Å². The predicted octanol–water partition coefficient (Wildman–Crippen LogP) is 13.6. The average molecular weight is 730 g/mol. The smallest absolute Gasteiger partial charge is 0.0649 e. The Morgan fingerprint density at radius 1 is 0.544 bits per heavy atom. The standard InChI is InChI=1S/C56H43N/c1-55(2)48-21-11-8-18-43(48)45-31-29-40(34-52(45)55)57(39-27-24-37(25-28-39)36-14-4-3-5-15-36)41-30-32-46-44-19-9-12-22-49(44)56(53(46)35-41)50-23-13-10-20-47(50)54-42-17-7-6-16-38(42)26-33-51(54)56/h3-34,41-42,54H,35H2,1-2H3/t41-,42+,54?,56?/m1/s1. The van der Waals surface area contributed by atoms with Gasteiger partial charge in [-0.05, 0) is 109 Å². The number of fused-ring (bicyclic) bond motifs is 14. The van der Waals surface area contributed by atoms with Crippen molar-refractivity contribution in [2.45, 2.75) is 43.1 Å². The molecule has 2 unspecified atom stereocenters. The molecule has 0 heterocycles. The van der Waals surface area contributed by atoms with E-state index in [1.807, 2.05) is 0 Å². The third-order valence-corrected chi connectivity index (χ3v) is 14.1. The normalized spacial score (nSPS) is 23.5. The summed E-state index contributed by atoms with van der Waals surface area (Å²) in [4.78, 5) is 2.63. The lowest BCUT2D eigenvalue weighted by Gasteiger charge is -2.41. The Kier molecular flexibility index (Phi) is 6.92. The Morgan fingerprint density at radius 3 is 2.07 bits per heavy atom. The van der Waals surface area contributed by atoms with Crippen LogP contribution in [0.5, 0.6) is 0 Å². The molecule has 6 aliphatic rings. The van der Waals surface area contributed by atoms with E-state index < -0.39 is 0 Å². The molecule has 57 heavy (non-hydrogen) atoms. The van der Waals surface area contributed by atoms with Gasteiger partial charge in [0.15, 0.2) is 0 Å². The molecule has 0 bridgehead atoms. The molecular weight excluding hydrogens is 687 g/mol. The number of benzene rings is 6. The third-order valence-electron chi connectivity index (χ3n) is 14.1. The van der Waals surface area contributed by atoms with Crippen LogP contribution in [-0.2, 0) is 10.8 Å². The molecule has 0 fully saturated rings. The maximum Gasteiger partial charge on any atom is 0.0649 e. The van der Waals surface area contributed by atoms with Crippen molar-refractivity contribution in [2.75, 3.05) is 4.90 Å². The number of nitrogens with zero attached hydrogens (tertiary/aromatic N) is 1. The first-order valence-electron chi connectivity index (χ1n) is 20.6. The fourth-order valence-electron chi connectivity index (χ4n) is 11.7. The quantitative estimate of drug-likeness (QED) is 0.175. The van der Waals surface area contributed by atoms with E-state index in [9.17, 15) is 0 Å². The number of allylic oxidation sites excluding steroid dienone is 10. The molecule has 0 aliphatic heterocycles. The van der Waals surface area contributed by atoms with E-state index in [-0.39, 0.29) is 16.9 Å². The Labute approximate surface area is 336 Å². The fraction of sp³-hybridized carbons (Fsp3) is 0.143. The Morgan fingerprint density at radius 2 is 1.23 bits per heavy atom. The van der Waals surface area contributed by atoms with Crippen LogP contribution in [0.4, 0.5) is 11.4 Å². The molecular formula is C56H43N. The number of rotatable bonds is 4. The van der Waals surface area contributed by atoms with Crippen molar-refractivity contribution in [3.63, 3.8) is 0 Å². The van der Waals surface area contributed by atoms with Gasteiger partial charge in [-0.2, -0.15) is 0 Å². The highest BCUT2D eigenvalue weighted by atomic mass is 15.2. The minimum Gasteiger partial charge on any atom is -0.334 e. The molecule has 272 valence electrons. The van der Waals surface area contributed by atoms with Gasteiger partial charge < -0.3 is 4.90 Å². The molecule has 0 saturated carbocycles. The van der Waals surface area contributed by atoms with E-state index in [1.54, 1.807) is 0 Å². The maximum absolute atomic E-state index is 2.63. The van der Waals surface area contributed by atoms with Crippen molar-refractivity contribution in [1.82, 2.24) is 0 Å². The zero-order chi connectivity index (χ0) is 37.9. The van der Waals surface area contributed by atoms with Gasteiger partial charge in [0.05, 0.1) is 11.5 Å². The molecule has 0 amide bonds. The van der Waals surface area contributed by atoms with Gasteiger partial charge in [-0.25, -0.2) is 0 Å². The lowest BCUT2D eigenvalue weighted by Crippen LogP contribution is -2.36. The van der Waals surface area contributed by atoms with Gasteiger partial charge in [0, 0.05) is 28.6 Å². The van der Waals surface area contributed by atoms with Crippen LogP contribution in [0.2, 0.25) is 0 Å². The highest BCUT2D eigenvalue weighted by molar-refractivity contribution is 5.93. The Bertz CT molecular complexity index is 2860. The summed E-state index contributed by atoms with van der Waals surface area (Å²) in [6.07, 6.45) is 20.0. The second-order valence-electron chi connectivity index (χ2n) is 17.1. The van der Waals surface area contributed by atoms with Crippen LogP contribution in [0.15, 0.2) is 211 Å². The largest absolute Gasteiger partial charge is 0.334 e. The van der Waals surface area contributed by atoms with Crippen molar-refractivity contribution in [1.29, 1.82) is 0 Å². The monoisotopic (exact) mass is 729 g/mol. The highest BCUT2D eigenvalue weighted by Gasteiger charge is 2.58. The van der Waals surface area contributed by atoms with E-state index in [0.29, 0.717) is 11.8 Å². The lowest BCUT2D eigenvalue weighted by atomic mass is 9.64. The second-order valence-corrected chi connectivity index (χ2v) is 17.1. The average Bonchev–Trinajstić information content (AvgIpc) is 3.83. The molecule has 0 N–H and O–H groups in total. The van der Waals surface area contributed by atoms with E-state index in [4.69, 9.17) is 0 Å². The summed E-state index contributed by atoms with van der Waals surface area (Å²) in [5.74, 6) is 0.634. The van der Waals surface area contributed by atoms with Gasteiger partial charge >= 0.3 is 0 Å². The summed E-state index contributed by atoms with van der Waals surface area (Å²) in [6, 6.07) is 55.0. The number of hydrogen-bond acceptors (Lipinski definition) is 1. The summed E-state index contributed by atoms with van der Waals surface area (Å²) in [5.41, 5.74) is 21.6. The Balaban J connectivity index is 1.03. The van der Waals surface area contributed by atoms with Crippen LogP contribution in [-0.4, -0.2) is 6.04 Å². The molecule has 1 heteroatoms. The van der Waals surface area contributed by atoms with Crippen LogP contribution in [0.25, 0.3) is 27.8 Å². The van der Waals surface area contributed by atoms with Gasteiger partial charge in [0.2, 0.25) is 0 Å². The van der Waals surface area contributed by atoms with Crippen LogP contribution < -0.4 is 4.90 Å². The first kappa shape index (κ1) is 32.8. The molecule has 1 nitrogen and oxygen atoms in total. The molecule has 6 aromatic carbocycles. The summed E-state index contributed by atoms with van der Waals surface area (Å²) in [7, 11) is 0. The van der Waals surface area contributed by atoms with Crippen LogP contribution >= 0.6 is 0 Å². The zero-order valence-corrected chi connectivity index (χ0v) is 32.4. The van der Waals surface area contributed by atoms with Gasteiger partial charge in [-0.3, -0.25) is 0 Å². The van der Waals surface area contributed by atoms with Gasteiger partial charge in [-0.1, -0.05) is 184 Å². The van der Waals surface area contributed by atoms with E-state index in [2.05, 4.69) is 213 Å². The van der Waals surface area contributed by atoms with Crippen molar-refractivity contribution < 1.29 is 0 Å². The van der Waals surface area contributed by atoms with Crippen molar-refractivity contribution in [3.8, 4) is 22.3 Å². The van der Waals surface area contributed by atoms with E-state index in [0.717, 1.165) is 6.42 Å². The molecule has 12 rings (SSSR count). The molecule has 6 aromatic rings. The molecule has 0 aromatic heterocycles. The minimum absolute atomic E-state index is 0.0921. The second kappa shape index (κ2) is 12.0. The maximum atomic E-state index is 2.63. The van der Waals surface area contributed by atoms with Crippen LogP contribution in [0.1, 0.15) is 59.6 Å². The summed E-state index contributed by atoms with van der Waals surface area (Å²) < 4.78 is 0. The van der Waals surface area contributed by atoms with Crippen molar-refractivity contribution in [3.05, 3.63) is 244 Å². The predicted molar refractivity (Wildman–Crippen MR) is 237 cm³/mol. The number of anilines is 2. The molecule has 0 radical (unpaired) electrons. The highest BCUT2D eigenvalue weighted by Crippen LogP contribution is 2.67. The van der Waals surface area contributed by atoms with Crippen molar-refractivity contribution >= 4 is 16.9 Å². The lowest BCUT2D eigenvalue weighted by molar-refractivity contribution is 0.588. The van der Waals surface area contributed by atoms with Gasteiger partial charge in [0.25, 0.3) is 0 Å². The Hall–Kier alpha value is -6.44. The first-order chi connectivity index (χ1) is 28.0. The zero-order valence-electron chi connectivity index (χ0n) is 32.4. The molecule has 4 atom stereocenters. The SMILES string of the molecule is CC1(C)c2ccccc2-c2ccc(N(c3ccc(-c4ccccc4)cc3)[C@@H]3C=CC4=C(C3)C3(C5=CC=C6C=CC=C[C@@H]6C5c5ccccc53)c3ccccc34)cc21.